The zero-order chi connectivity index (χ0) is 16.4. The maximum atomic E-state index is 12.9. The smallest absolute Gasteiger partial charge is 0.259 e. The van der Waals surface area contributed by atoms with Gasteiger partial charge in [-0.25, -0.2) is 0 Å². The highest BCUT2D eigenvalue weighted by Gasteiger charge is 2.30. The number of piperidine rings is 1. The van der Waals surface area contributed by atoms with Gasteiger partial charge >= 0.3 is 0 Å². The lowest BCUT2D eigenvalue weighted by Gasteiger charge is -2.33. The van der Waals surface area contributed by atoms with Crippen molar-refractivity contribution in [3.05, 3.63) is 41.7 Å². The summed E-state index contributed by atoms with van der Waals surface area (Å²) in [5, 5.41) is 4.10. The second kappa shape index (κ2) is 6.54. The second-order valence-corrected chi connectivity index (χ2v) is 6.32. The molecule has 1 aliphatic rings. The number of amides is 1. The molecule has 0 saturated carbocycles. The first-order valence-corrected chi connectivity index (χ1v) is 8.14. The third kappa shape index (κ3) is 3.15. The second-order valence-electron chi connectivity index (χ2n) is 6.32. The molecule has 1 aromatic heterocycles. The minimum absolute atomic E-state index is 0.00530. The number of benzene rings is 1. The maximum Gasteiger partial charge on any atom is 0.259 e. The van der Waals surface area contributed by atoms with Gasteiger partial charge in [-0.15, -0.1) is 0 Å². The normalized spacial score (nSPS) is 17.3. The highest BCUT2D eigenvalue weighted by molar-refractivity contribution is 6.00. The Morgan fingerprint density at radius 2 is 1.96 bits per heavy atom. The van der Waals surface area contributed by atoms with Crippen LogP contribution in [-0.2, 0) is 0 Å². The van der Waals surface area contributed by atoms with Crippen LogP contribution in [0.2, 0.25) is 0 Å². The van der Waals surface area contributed by atoms with Crippen LogP contribution in [-0.4, -0.2) is 35.1 Å². The number of hydrogen-bond donors (Lipinski definition) is 1. The summed E-state index contributed by atoms with van der Waals surface area (Å²) in [4.78, 5) is 14.8. The molecule has 1 fully saturated rings. The fourth-order valence-corrected chi connectivity index (χ4v) is 3.20. The molecule has 1 atom stereocenters. The SMILES string of the molecule is Cc1onc(-c2ccccc2)c1C(=O)N1CCC(C(C)N)CC1. The van der Waals surface area contributed by atoms with Crippen LogP contribution in [0.25, 0.3) is 11.3 Å². The Labute approximate surface area is 136 Å². The summed E-state index contributed by atoms with van der Waals surface area (Å²) in [5.74, 6) is 1.07. The Kier molecular flexibility index (Phi) is 4.48. The van der Waals surface area contributed by atoms with Gasteiger partial charge in [-0.05, 0) is 32.6 Å². The number of aryl methyl sites for hydroxylation is 1. The monoisotopic (exact) mass is 313 g/mol. The first-order valence-electron chi connectivity index (χ1n) is 8.14. The van der Waals surface area contributed by atoms with E-state index in [0.717, 1.165) is 31.5 Å². The summed E-state index contributed by atoms with van der Waals surface area (Å²) < 4.78 is 5.30. The predicted octanol–water partition coefficient (Wildman–Crippen LogP) is 2.85. The summed E-state index contributed by atoms with van der Waals surface area (Å²) in [5.41, 5.74) is 8.09. The number of nitrogens with zero attached hydrogens (tertiary/aromatic N) is 2. The van der Waals surface area contributed by atoms with Crippen molar-refractivity contribution >= 4 is 5.91 Å². The lowest BCUT2D eigenvalue weighted by atomic mass is 9.90. The predicted molar refractivity (Wildman–Crippen MR) is 89.0 cm³/mol. The van der Waals surface area contributed by atoms with Crippen molar-refractivity contribution in [2.45, 2.75) is 32.7 Å². The van der Waals surface area contributed by atoms with Crippen molar-refractivity contribution in [1.29, 1.82) is 0 Å². The van der Waals surface area contributed by atoms with E-state index in [-0.39, 0.29) is 11.9 Å². The van der Waals surface area contributed by atoms with Crippen molar-refractivity contribution in [2.75, 3.05) is 13.1 Å². The average molecular weight is 313 g/mol. The molecule has 2 N–H and O–H groups in total. The van der Waals surface area contributed by atoms with Crippen LogP contribution >= 0.6 is 0 Å². The molecule has 1 aliphatic heterocycles. The molecule has 1 saturated heterocycles. The van der Waals surface area contributed by atoms with Gasteiger partial charge in [-0.2, -0.15) is 0 Å². The lowest BCUT2D eigenvalue weighted by molar-refractivity contribution is 0.0680. The largest absolute Gasteiger partial charge is 0.360 e. The fraction of sp³-hybridized carbons (Fsp3) is 0.444. The molecule has 122 valence electrons. The highest BCUT2D eigenvalue weighted by atomic mass is 16.5. The standard InChI is InChI=1S/C18H23N3O2/c1-12(19)14-8-10-21(11-9-14)18(22)16-13(2)23-20-17(16)15-6-4-3-5-7-15/h3-7,12,14H,8-11,19H2,1-2H3. The molecular formula is C18H23N3O2. The molecule has 3 rings (SSSR count). The average Bonchev–Trinajstić information content (AvgIpc) is 2.96. The van der Waals surface area contributed by atoms with Gasteiger partial charge in [0.05, 0.1) is 0 Å². The molecule has 2 heterocycles. The number of rotatable bonds is 3. The molecule has 2 aromatic rings. The Morgan fingerprint density at radius 3 is 2.57 bits per heavy atom. The van der Waals surface area contributed by atoms with Crippen LogP contribution in [0.4, 0.5) is 0 Å². The third-order valence-corrected chi connectivity index (χ3v) is 4.69. The van der Waals surface area contributed by atoms with E-state index < -0.39 is 0 Å². The number of carbonyl (C=O) groups excluding carboxylic acids is 1. The quantitative estimate of drug-likeness (QED) is 0.945. The van der Waals surface area contributed by atoms with E-state index in [1.807, 2.05) is 42.2 Å². The van der Waals surface area contributed by atoms with Crippen LogP contribution in [0.3, 0.4) is 0 Å². The molecule has 5 nitrogen and oxygen atoms in total. The van der Waals surface area contributed by atoms with Crippen molar-refractivity contribution in [3.63, 3.8) is 0 Å². The van der Waals surface area contributed by atoms with Crippen molar-refractivity contribution in [3.8, 4) is 11.3 Å². The van der Waals surface area contributed by atoms with Crippen LogP contribution in [0.5, 0.6) is 0 Å². The molecule has 1 unspecified atom stereocenters. The summed E-state index contributed by atoms with van der Waals surface area (Å²) in [7, 11) is 0. The molecule has 0 spiro atoms. The van der Waals surface area contributed by atoms with Crippen LogP contribution in [0.1, 0.15) is 35.9 Å². The van der Waals surface area contributed by atoms with E-state index >= 15 is 0 Å². The first kappa shape index (κ1) is 15.7. The third-order valence-electron chi connectivity index (χ3n) is 4.69. The molecule has 23 heavy (non-hydrogen) atoms. The van der Waals surface area contributed by atoms with E-state index in [1.54, 1.807) is 6.92 Å². The lowest BCUT2D eigenvalue weighted by Crippen LogP contribution is -2.42. The van der Waals surface area contributed by atoms with Gasteiger partial charge in [-0.3, -0.25) is 4.79 Å². The Bertz CT molecular complexity index is 671. The Balaban J connectivity index is 1.83. The molecule has 0 bridgehead atoms. The zero-order valence-electron chi connectivity index (χ0n) is 13.7. The van der Waals surface area contributed by atoms with E-state index in [9.17, 15) is 4.79 Å². The molecule has 0 aliphatic carbocycles. The van der Waals surface area contributed by atoms with Crippen LogP contribution in [0.15, 0.2) is 34.9 Å². The van der Waals surface area contributed by atoms with Gasteiger partial charge in [0.15, 0.2) is 0 Å². The van der Waals surface area contributed by atoms with E-state index in [0.29, 0.717) is 22.9 Å². The molecular weight excluding hydrogens is 290 g/mol. The summed E-state index contributed by atoms with van der Waals surface area (Å²) >= 11 is 0. The van der Waals surface area contributed by atoms with Crippen molar-refractivity contribution in [1.82, 2.24) is 10.1 Å². The minimum Gasteiger partial charge on any atom is -0.360 e. The molecule has 5 heteroatoms. The summed E-state index contributed by atoms with van der Waals surface area (Å²) in [6.45, 7) is 5.31. The van der Waals surface area contributed by atoms with Gasteiger partial charge < -0.3 is 15.2 Å². The summed E-state index contributed by atoms with van der Waals surface area (Å²) in [6.07, 6.45) is 1.91. The Morgan fingerprint density at radius 1 is 1.30 bits per heavy atom. The number of nitrogens with two attached hydrogens (primary N) is 1. The maximum absolute atomic E-state index is 12.9. The number of likely N-dealkylation sites (tertiary alicyclic amines) is 1. The van der Waals surface area contributed by atoms with Gasteiger partial charge in [0, 0.05) is 24.7 Å². The van der Waals surface area contributed by atoms with Crippen molar-refractivity contribution in [2.24, 2.45) is 11.7 Å². The van der Waals surface area contributed by atoms with Gasteiger partial charge in [0.25, 0.3) is 5.91 Å². The summed E-state index contributed by atoms with van der Waals surface area (Å²) in [6, 6.07) is 9.87. The Hall–Kier alpha value is -2.14. The van der Waals surface area contributed by atoms with E-state index in [1.165, 1.54) is 0 Å². The van der Waals surface area contributed by atoms with Gasteiger partial charge in [0.1, 0.15) is 17.0 Å². The number of hydrogen-bond acceptors (Lipinski definition) is 4. The van der Waals surface area contributed by atoms with E-state index in [4.69, 9.17) is 10.3 Å². The van der Waals surface area contributed by atoms with Gasteiger partial charge in [0.2, 0.25) is 0 Å². The van der Waals surface area contributed by atoms with Gasteiger partial charge in [-0.1, -0.05) is 35.5 Å². The molecule has 1 amide bonds. The number of carbonyl (C=O) groups is 1. The van der Waals surface area contributed by atoms with Crippen molar-refractivity contribution < 1.29 is 9.32 Å². The van der Waals surface area contributed by atoms with Crippen LogP contribution < -0.4 is 5.73 Å². The number of aromatic nitrogens is 1. The minimum atomic E-state index is 0.00530. The highest BCUT2D eigenvalue weighted by Crippen LogP contribution is 2.28. The fourth-order valence-electron chi connectivity index (χ4n) is 3.20. The molecule has 1 aromatic carbocycles. The topological polar surface area (TPSA) is 72.4 Å². The van der Waals surface area contributed by atoms with Crippen LogP contribution in [0, 0.1) is 12.8 Å². The molecule has 0 radical (unpaired) electrons. The first-order chi connectivity index (χ1) is 11.1. The zero-order valence-corrected chi connectivity index (χ0v) is 13.7. The van der Waals surface area contributed by atoms with E-state index in [2.05, 4.69) is 5.16 Å².